The number of allylic oxidation sites excluding steroid dienone is 1. The summed E-state index contributed by atoms with van der Waals surface area (Å²) in [6.45, 7) is 4.03. The van der Waals surface area contributed by atoms with E-state index < -0.39 is 17.3 Å². The summed E-state index contributed by atoms with van der Waals surface area (Å²) in [4.78, 5) is 21.3. The van der Waals surface area contributed by atoms with E-state index >= 15 is 0 Å². The van der Waals surface area contributed by atoms with Gasteiger partial charge < -0.3 is 15.5 Å². The largest absolute Gasteiger partial charge is 0.416 e. The number of hydrogen-bond acceptors (Lipinski definition) is 5. The van der Waals surface area contributed by atoms with Gasteiger partial charge in [-0.05, 0) is 66.1 Å². The lowest BCUT2D eigenvalue weighted by atomic mass is 10.1. The van der Waals surface area contributed by atoms with Crippen molar-refractivity contribution >= 4 is 17.5 Å². The molecule has 1 saturated heterocycles. The minimum atomic E-state index is -4.56. The van der Waals surface area contributed by atoms with Gasteiger partial charge in [-0.1, -0.05) is 42.5 Å². The fourth-order valence-corrected chi connectivity index (χ4v) is 6.02. The molecule has 1 atom stereocenters. The van der Waals surface area contributed by atoms with Crippen LogP contribution in [0.25, 0.3) is 17.2 Å². The smallest absolute Gasteiger partial charge is 0.379 e. The summed E-state index contributed by atoms with van der Waals surface area (Å²) < 4.78 is 43.3. The number of halogens is 3. The molecule has 7 rings (SSSR count). The third kappa shape index (κ3) is 5.61. The van der Waals surface area contributed by atoms with E-state index in [1.54, 1.807) is 30.3 Å². The summed E-state index contributed by atoms with van der Waals surface area (Å²) in [5.74, 6) is 0.166. The van der Waals surface area contributed by atoms with Gasteiger partial charge in [0, 0.05) is 54.3 Å². The molecular formula is C35H30F3N5O. The quantitative estimate of drug-likeness (QED) is 0.334. The van der Waals surface area contributed by atoms with Crippen molar-refractivity contribution in [1.82, 2.24) is 9.88 Å². The standard InChI is InChI=1S/C35H30F3N5O/c36-35(37,38)31-9-5-4-8-24(31)22-43-33-26(20-30(34(43)44)23-6-2-1-3-7-23)18-25-19-29(25)32(41-33)21-40-27-10-12-28(13-11-27)42-16-14-39-15-17-42/h1-2,4-6,8-13,18,20,25,39-40H,14-17,19,21-22H2. The van der Waals surface area contributed by atoms with Gasteiger partial charge in [0.15, 0.2) is 0 Å². The molecule has 3 aliphatic rings. The number of piperazine rings is 1. The SMILES string of the molecule is O=c1c(-c2c#cccc2)cc2c(n1Cc1ccccc1C(F)(F)F)=NC(CNc1ccc(N3CCNCC3)cc1)=C1CC1C=2. The van der Waals surface area contributed by atoms with Crippen molar-refractivity contribution in [2.24, 2.45) is 10.9 Å². The first-order chi connectivity index (χ1) is 21.3. The lowest BCUT2D eigenvalue weighted by Gasteiger charge is -2.29. The minimum Gasteiger partial charge on any atom is -0.379 e. The van der Waals surface area contributed by atoms with Crippen LogP contribution in [0, 0.1) is 18.1 Å². The lowest BCUT2D eigenvalue weighted by molar-refractivity contribution is -0.138. The van der Waals surface area contributed by atoms with Gasteiger partial charge >= 0.3 is 6.18 Å². The van der Waals surface area contributed by atoms with Crippen molar-refractivity contribution < 1.29 is 13.2 Å². The molecule has 2 N–H and O–H groups in total. The van der Waals surface area contributed by atoms with Crippen LogP contribution in [-0.4, -0.2) is 37.3 Å². The number of hydrogen-bond donors (Lipinski definition) is 2. The number of nitrogens with one attached hydrogen (secondary N) is 2. The van der Waals surface area contributed by atoms with Crippen LogP contribution in [0.3, 0.4) is 0 Å². The van der Waals surface area contributed by atoms with Gasteiger partial charge in [0.05, 0.1) is 29.9 Å². The van der Waals surface area contributed by atoms with Crippen LogP contribution in [0.2, 0.25) is 0 Å². The first kappa shape index (κ1) is 28.0. The molecule has 2 aliphatic heterocycles. The number of rotatable bonds is 7. The van der Waals surface area contributed by atoms with Crippen LogP contribution >= 0.6 is 0 Å². The Labute approximate surface area is 252 Å². The molecule has 1 saturated carbocycles. The van der Waals surface area contributed by atoms with Gasteiger partial charge in [-0.15, -0.1) is 0 Å². The Kier molecular flexibility index (Phi) is 7.23. The van der Waals surface area contributed by atoms with Crippen LogP contribution in [0.4, 0.5) is 24.5 Å². The zero-order valence-corrected chi connectivity index (χ0v) is 23.9. The number of pyridine rings is 1. The fraction of sp³-hybridized carbons (Fsp3) is 0.257. The molecule has 6 nitrogen and oxygen atoms in total. The molecule has 0 radical (unpaired) electrons. The maximum Gasteiger partial charge on any atom is 0.416 e. The average molecular weight is 594 g/mol. The molecule has 1 unspecified atom stereocenters. The highest BCUT2D eigenvalue weighted by Crippen LogP contribution is 2.42. The molecule has 0 spiro atoms. The van der Waals surface area contributed by atoms with E-state index in [1.165, 1.54) is 28.0 Å². The van der Waals surface area contributed by atoms with E-state index in [1.807, 2.05) is 12.1 Å². The van der Waals surface area contributed by atoms with Crippen LogP contribution < -0.4 is 31.8 Å². The maximum atomic E-state index is 14.0. The molecule has 44 heavy (non-hydrogen) atoms. The summed E-state index contributed by atoms with van der Waals surface area (Å²) in [7, 11) is 0. The Balaban J connectivity index is 1.27. The molecule has 3 aromatic carbocycles. The fourth-order valence-electron chi connectivity index (χ4n) is 6.02. The Morgan fingerprint density at radius 3 is 2.57 bits per heavy atom. The second-order valence-corrected chi connectivity index (χ2v) is 11.3. The van der Waals surface area contributed by atoms with Crippen molar-refractivity contribution in [3.05, 3.63) is 128 Å². The van der Waals surface area contributed by atoms with Gasteiger partial charge in [0.25, 0.3) is 5.56 Å². The zero-order chi connectivity index (χ0) is 30.3. The van der Waals surface area contributed by atoms with Crippen LogP contribution in [0.1, 0.15) is 17.5 Å². The van der Waals surface area contributed by atoms with E-state index in [9.17, 15) is 18.0 Å². The second-order valence-electron chi connectivity index (χ2n) is 11.3. The Morgan fingerprint density at radius 1 is 1.02 bits per heavy atom. The summed E-state index contributed by atoms with van der Waals surface area (Å²) >= 11 is 0. The molecule has 9 heteroatoms. The van der Waals surface area contributed by atoms with Crippen molar-refractivity contribution in [2.75, 3.05) is 42.9 Å². The number of alkyl halides is 3. The van der Waals surface area contributed by atoms with Crippen molar-refractivity contribution in [3.63, 3.8) is 0 Å². The second kappa shape index (κ2) is 11.4. The summed E-state index contributed by atoms with van der Waals surface area (Å²) in [6, 6.07) is 26.5. The number of nitrogens with zero attached hydrogens (tertiary/aromatic N) is 3. The first-order valence-corrected chi connectivity index (χ1v) is 14.7. The van der Waals surface area contributed by atoms with Gasteiger partial charge in [-0.3, -0.25) is 9.36 Å². The number of fused-ring (bicyclic) bond motifs is 2. The summed E-state index contributed by atoms with van der Waals surface area (Å²) in [5.41, 5.74) is 4.16. The topological polar surface area (TPSA) is 61.7 Å². The summed E-state index contributed by atoms with van der Waals surface area (Å²) in [6.07, 6.45) is -1.62. The highest BCUT2D eigenvalue weighted by Gasteiger charge is 2.34. The lowest BCUT2D eigenvalue weighted by Crippen LogP contribution is -2.44. The molecule has 222 valence electrons. The molecule has 0 amide bonds. The van der Waals surface area contributed by atoms with Crippen LogP contribution in [0.15, 0.2) is 93.9 Å². The average Bonchev–Trinajstić information content (AvgIpc) is 3.82. The van der Waals surface area contributed by atoms with E-state index in [-0.39, 0.29) is 18.0 Å². The summed E-state index contributed by atoms with van der Waals surface area (Å²) in [5, 5.41) is 7.56. The van der Waals surface area contributed by atoms with Crippen molar-refractivity contribution in [2.45, 2.75) is 19.1 Å². The van der Waals surface area contributed by atoms with E-state index in [0.717, 1.165) is 55.3 Å². The Hall–Kier alpha value is -4.81. The predicted octanol–water partition coefficient (Wildman–Crippen LogP) is 4.39. The first-order valence-electron chi connectivity index (χ1n) is 14.7. The molecule has 3 heterocycles. The number of anilines is 2. The van der Waals surface area contributed by atoms with Gasteiger partial charge in [-0.25, -0.2) is 4.99 Å². The van der Waals surface area contributed by atoms with Crippen LogP contribution in [0.5, 0.6) is 0 Å². The molecule has 1 aliphatic carbocycles. The van der Waals surface area contributed by atoms with E-state index in [0.29, 0.717) is 23.2 Å². The monoisotopic (exact) mass is 593 g/mol. The molecule has 0 bridgehead atoms. The number of aromatic nitrogens is 1. The van der Waals surface area contributed by atoms with Gasteiger partial charge in [0.2, 0.25) is 0 Å². The minimum absolute atomic E-state index is 0.00608. The third-order valence-electron chi connectivity index (χ3n) is 8.41. The molecule has 4 aromatic rings. The third-order valence-corrected chi connectivity index (χ3v) is 8.41. The number of benzene rings is 2. The van der Waals surface area contributed by atoms with Crippen molar-refractivity contribution in [1.29, 1.82) is 0 Å². The highest BCUT2D eigenvalue weighted by atomic mass is 19.4. The van der Waals surface area contributed by atoms with Gasteiger partial charge in [0.1, 0.15) is 5.49 Å². The van der Waals surface area contributed by atoms with E-state index in [4.69, 9.17) is 4.99 Å². The normalized spacial score (nSPS) is 17.4. The maximum absolute atomic E-state index is 14.0. The molecule has 2 fully saturated rings. The Bertz CT molecular complexity index is 1910. The molecule has 1 aromatic heterocycles. The van der Waals surface area contributed by atoms with Crippen molar-refractivity contribution in [3.8, 4) is 11.1 Å². The van der Waals surface area contributed by atoms with E-state index in [2.05, 4.69) is 45.9 Å². The van der Waals surface area contributed by atoms with Crippen LogP contribution in [-0.2, 0) is 12.7 Å². The molecular weight excluding hydrogens is 563 g/mol. The predicted molar refractivity (Wildman–Crippen MR) is 165 cm³/mol. The van der Waals surface area contributed by atoms with Gasteiger partial charge in [-0.2, -0.15) is 13.2 Å². The highest BCUT2D eigenvalue weighted by molar-refractivity contribution is 5.62. The Morgan fingerprint density at radius 2 is 1.82 bits per heavy atom. The zero-order valence-electron chi connectivity index (χ0n) is 23.9.